The lowest BCUT2D eigenvalue weighted by atomic mass is 9.78. The second-order valence-electron chi connectivity index (χ2n) is 5.45. The molecule has 5 heteroatoms. The van der Waals surface area contributed by atoms with Crippen LogP contribution in [0.25, 0.3) is 0 Å². The summed E-state index contributed by atoms with van der Waals surface area (Å²) >= 11 is 0. The number of benzene rings is 1. The van der Waals surface area contributed by atoms with Crippen LogP contribution in [-0.2, 0) is 4.79 Å². The Bertz CT molecular complexity index is 618. The molecule has 2 N–H and O–H groups in total. The number of amides is 1. The molecule has 1 fully saturated rings. The largest absolute Gasteiger partial charge is 0.512 e. The number of rotatable bonds is 1. The van der Waals surface area contributed by atoms with Crippen molar-refractivity contribution in [1.82, 2.24) is 5.32 Å². The van der Waals surface area contributed by atoms with Crippen LogP contribution in [0.4, 0.5) is 0 Å². The molecule has 0 aliphatic carbocycles. The highest BCUT2D eigenvalue weighted by atomic mass is 16.5. The Labute approximate surface area is 117 Å². The van der Waals surface area contributed by atoms with Gasteiger partial charge in [-0.1, -0.05) is 6.07 Å². The van der Waals surface area contributed by atoms with Crippen molar-refractivity contribution in [3.63, 3.8) is 0 Å². The molecule has 2 heterocycles. The molecule has 106 valence electrons. The molecule has 0 radical (unpaired) electrons. The van der Waals surface area contributed by atoms with E-state index in [1.54, 1.807) is 7.11 Å². The number of fused-ring (bicyclic) bond motifs is 4. The summed E-state index contributed by atoms with van der Waals surface area (Å²) in [6, 6.07) is 5.53. The number of aliphatic hydroxyl groups is 1. The molecule has 0 spiro atoms. The Hall–Kier alpha value is -2.17. The van der Waals surface area contributed by atoms with E-state index >= 15 is 0 Å². The first kappa shape index (κ1) is 12.8. The van der Waals surface area contributed by atoms with Crippen LogP contribution >= 0.6 is 0 Å². The van der Waals surface area contributed by atoms with Crippen LogP contribution < -0.4 is 14.8 Å². The van der Waals surface area contributed by atoms with E-state index in [1.165, 1.54) is 6.92 Å². The van der Waals surface area contributed by atoms with Gasteiger partial charge in [-0.2, -0.15) is 0 Å². The molecule has 2 atom stereocenters. The molecule has 2 aliphatic heterocycles. The Morgan fingerprint density at radius 3 is 2.95 bits per heavy atom. The standard InChI is InChI=1S/C15H17NO4/c1-8(17)13-11-7-15(2,16-14(13)18)20-12-6-9(19-3)4-5-10(11)12/h4-6,11,17H,7H2,1-3H3,(H,16,18)/b13-8+. The van der Waals surface area contributed by atoms with E-state index in [0.29, 0.717) is 23.5 Å². The molecule has 20 heavy (non-hydrogen) atoms. The van der Waals surface area contributed by atoms with Crippen molar-refractivity contribution in [1.29, 1.82) is 0 Å². The van der Waals surface area contributed by atoms with Gasteiger partial charge in [0.1, 0.15) is 11.5 Å². The van der Waals surface area contributed by atoms with Gasteiger partial charge in [-0.3, -0.25) is 4.79 Å². The summed E-state index contributed by atoms with van der Waals surface area (Å²) in [5, 5.41) is 12.6. The Balaban J connectivity index is 2.17. The Kier molecular flexibility index (Phi) is 2.67. The molecule has 1 aromatic carbocycles. The van der Waals surface area contributed by atoms with Crippen molar-refractivity contribution < 1.29 is 19.4 Å². The molecule has 1 amide bonds. The van der Waals surface area contributed by atoms with Crippen LogP contribution in [0.3, 0.4) is 0 Å². The molecule has 1 aromatic rings. The number of carbonyl (C=O) groups is 1. The lowest BCUT2D eigenvalue weighted by molar-refractivity contribution is -0.127. The van der Waals surface area contributed by atoms with Gasteiger partial charge >= 0.3 is 0 Å². The number of ether oxygens (including phenoxy) is 2. The van der Waals surface area contributed by atoms with E-state index < -0.39 is 5.72 Å². The third-order valence-electron chi connectivity index (χ3n) is 3.89. The average molecular weight is 275 g/mol. The highest BCUT2D eigenvalue weighted by molar-refractivity contribution is 5.97. The van der Waals surface area contributed by atoms with Gasteiger partial charge in [0.2, 0.25) is 0 Å². The molecule has 0 aromatic heterocycles. The number of allylic oxidation sites excluding steroid dienone is 1. The molecule has 3 rings (SSSR count). The summed E-state index contributed by atoms with van der Waals surface area (Å²) in [5.41, 5.74) is 0.568. The first-order valence-corrected chi connectivity index (χ1v) is 6.53. The molecule has 0 saturated carbocycles. The lowest BCUT2D eigenvalue weighted by Crippen LogP contribution is -2.58. The zero-order chi connectivity index (χ0) is 14.5. The van der Waals surface area contributed by atoms with Crippen LogP contribution in [-0.4, -0.2) is 23.8 Å². The highest BCUT2D eigenvalue weighted by Crippen LogP contribution is 2.47. The monoisotopic (exact) mass is 275 g/mol. The first-order valence-electron chi connectivity index (χ1n) is 6.53. The van der Waals surface area contributed by atoms with Crippen molar-refractivity contribution in [2.75, 3.05) is 7.11 Å². The van der Waals surface area contributed by atoms with Gasteiger partial charge in [0.25, 0.3) is 5.91 Å². The van der Waals surface area contributed by atoms with Gasteiger partial charge < -0.3 is 19.9 Å². The zero-order valence-electron chi connectivity index (χ0n) is 11.7. The summed E-state index contributed by atoms with van der Waals surface area (Å²) in [6.45, 7) is 3.38. The van der Waals surface area contributed by atoms with Crippen LogP contribution in [0.2, 0.25) is 0 Å². The van der Waals surface area contributed by atoms with Gasteiger partial charge in [-0.05, 0) is 19.9 Å². The van der Waals surface area contributed by atoms with Crippen LogP contribution in [0.5, 0.6) is 11.5 Å². The van der Waals surface area contributed by atoms with Crippen molar-refractivity contribution in [2.45, 2.75) is 31.9 Å². The molecule has 1 saturated heterocycles. The Morgan fingerprint density at radius 1 is 1.55 bits per heavy atom. The topological polar surface area (TPSA) is 67.8 Å². The number of nitrogens with one attached hydrogen (secondary N) is 1. The van der Waals surface area contributed by atoms with Gasteiger partial charge in [0, 0.05) is 24.0 Å². The maximum absolute atomic E-state index is 12.2. The van der Waals surface area contributed by atoms with E-state index in [9.17, 15) is 9.90 Å². The van der Waals surface area contributed by atoms with E-state index in [-0.39, 0.29) is 17.6 Å². The van der Waals surface area contributed by atoms with E-state index in [0.717, 1.165) is 5.56 Å². The Morgan fingerprint density at radius 2 is 2.30 bits per heavy atom. The third kappa shape index (κ3) is 1.81. The predicted octanol–water partition coefficient (Wildman–Crippen LogP) is 2.24. The summed E-state index contributed by atoms with van der Waals surface area (Å²) in [5.74, 6) is 1.00. The SMILES string of the molecule is COc1ccc2c(c1)OC1(C)CC2/C(=C(/C)O)C(=O)N1. The fourth-order valence-corrected chi connectivity index (χ4v) is 3.02. The number of carbonyl (C=O) groups excluding carboxylic acids is 1. The van der Waals surface area contributed by atoms with E-state index in [2.05, 4.69) is 5.32 Å². The van der Waals surface area contributed by atoms with Crippen molar-refractivity contribution in [3.05, 3.63) is 35.1 Å². The number of piperidine rings is 1. The highest BCUT2D eigenvalue weighted by Gasteiger charge is 2.47. The fraction of sp³-hybridized carbons (Fsp3) is 0.400. The third-order valence-corrected chi connectivity index (χ3v) is 3.89. The molecule has 2 bridgehead atoms. The van der Waals surface area contributed by atoms with Gasteiger partial charge in [0.05, 0.1) is 18.4 Å². The minimum Gasteiger partial charge on any atom is -0.512 e. The van der Waals surface area contributed by atoms with E-state index in [1.807, 2.05) is 25.1 Å². The molecule has 2 aliphatic rings. The number of methoxy groups -OCH3 is 1. The maximum atomic E-state index is 12.2. The second kappa shape index (κ2) is 4.16. The summed E-state index contributed by atoms with van der Waals surface area (Å²) in [6.07, 6.45) is 0.602. The normalized spacial score (nSPS) is 29.9. The number of aliphatic hydroxyl groups excluding tert-OH is 1. The number of hydrogen-bond donors (Lipinski definition) is 2. The van der Waals surface area contributed by atoms with Gasteiger partial charge in [0.15, 0.2) is 5.72 Å². The van der Waals surface area contributed by atoms with Gasteiger partial charge in [-0.15, -0.1) is 0 Å². The lowest BCUT2D eigenvalue weighted by Gasteiger charge is -2.45. The maximum Gasteiger partial charge on any atom is 0.254 e. The quantitative estimate of drug-likeness (QED) is 0.609. The summed E-state index contributed by atoms with van der Waals surface area (Å²) < 4.78 is 11.1. The minimum absolute atomic E-state index is 0.0539. The van der Waals surface area contributed by atoms with Crippen molar-refractivity contribution in [2.24, 2.45) is 0 Å². The summed E-state index contributed by atoms with van der Waals surface area (Å²) in [7, 11) is 1.60. The van der Waals surface area contributed by atoms with Crippen LogP contribution in [0, 0.1) is 0 Å². The fourth-order valence-electron chi connectivity index (χ4n) is 3.02. The number of hydrogen-bond acceptors (Lipinski definition) is 4. The molecule has 5 nitrogen and oxygen atoms in total. The minimum atomic E-state index is -0.750. The molecule has 2 unspecified atom stereocenters. The molecular formula is C15H17NO4. The average Bonchev–Trinajstić information content (AvgIpc) is 2.35. The van der Waals surface area contributed by atoms with Gasteiger partial charge in [-0.25, -0.2) is 0 Å². The van der Waals surface area contributed by atoms with Crippen LogP contribution in [0.15, 0.2) is 29.5 Å². The first-order chi connectivity index (χ1) is 9.43. The van der Waals surface area contributed by atoms with Crippen molar-refractivity contribution >= 4 is 5.91 Å². The smallest absolute Gasteiger partial charge is 0.254 e. The van der Waals surface area contributed by atoms with Crippen LogP contribution in [0.1, 0.15) is 31.7 Å². The van der Waals surface area contributed by atoms with E-state index in [4.69, 9.17) is 9.47 Å². The predicted molar refractivity (Wildman–Crippen MR) is 72.9 cm³/mol. The zero-order valence-corrected chi connectivity index (χ0v) is 11.7. The van der Waals surface area contributed by atoms with Crippen molar-refractivity contribution in [3.8, 4) is 11.5 Å². The second-order valence-corrected chi connectivity index (χ2v) is 5.45. The molecular weight excluding hydrogens is 258 g/mol. The summed E-state index contributed by atoms with van der Waals surface area (Å²) in [4.78, 5) is 12.2.